The van der Waals surface area contributed by atoms with E-state index in [2.05, 4.69) is 41.4 Å². The summed E-state index contributed by atoms with van der Waals surface area (Å²) < 4.78 is 5.66. The predicted molar refractivity (Wildman–Crippen MR) is 119 cm³/mol. The summed E-state index contributed by atoms with van der Waals surface area (Å²) in [5.74, 6) is 1.68. The number of benzene rings is 2. The van der Waals surface area contributed by atoms with Crippen LogP contribution in [0.3, 0.4) is 0 Å². The highest BCUT2D eigenvalue weighted by molar-refractivity contribution is 5.85. The Kier molecular flexibility index (Phi) is 9.45. The van der Waals surface area contributed by atoms with Crippen LogP contribution < -0.4 is 15.8 Å². The molecule has 1 amide bonds. The van der Waals surface area contributed by atoms with E-state index in [1.807, 2.05) is 30.3 Å². The van der Waals surface area contributed by atoms with Gasteiger partial charge in [-0.25, -0.2) is 0 Å². The number of hydrogen-bond donors (Lipinski definition) is 2. The Balaban J connectivity index is 0.00000300. The Labute approximate surface area is 180 Å². The normalized spacial score (nSPS) is 18.8. The van der Waals surface area contributed by atoms with Gasteiger partial charge in [-0.1, -0.05) is 49.4 Å². The van der Waals surface area contributed by atoms with Gasteiger partial charge in [0.15, 0.2) is 0 Å². The molecule has 3 rings (SSSR count). The molecule has 5 nitrogen and oxygen atoms in total. The largest absolute Gasteiger partial charge is 0.494 e. The van der Waals surface area contributed by atoms with Gasteiger partial charge in [-0.2, -0.15) is 0 Å². The number of hydrogen-bond acceptors (Lipinski definition) is 4. The van der Waals surface area contributed by atoms with Gasteiger partial charge in [0, 0.05) is 25.6 Å². The summed E-state index contributed by atoms with van der Waals surface area (Å²) in [6.07, 6.45) is 0.977. The van der Waals surface area contributed by atoms with Gasteiger partial charge in [-0.15, -0.1) is 12.4 Å². The van der Waals surface area contributed by atoms with Gasteiger partial charge in [0.2, 0.25) is 5.91 Å². The molecule has 0 bridgehead atoms. The highest BCUT2D eigenvalue weighted by Gasteiger charge is 2.33. The molecule has 1 fully saturated rings. The van der Waals surface area contributed by atoms with Crippen molar-refractivity contribution in [2.75, 3.05) is 32.8 Å². The van der Waals surface area contributed by atoms with Crippen molar-refractivity contribution < 1.29 is 9.53 Å². The van der Waals surface area contributed by atoms with E-state index in [1.54, 1.807) is 0 Å². The number of halogens is 1. The van der Waals surface area contributed by atoms with Crippen molar-refractivity contribution >= 4 is 18.3 Å². The molecule has 158 valence electrons. The van der Waals surface area contributed by atoms with E-state index in [9.17, 15) is 4.79 Å². The van der Waals surface area contributed by atoms with Crippen LogP contribution in [-0.4, -0.2) is 43.6 Å². The topological polar surface area (TPSA) is 67.6 Å². The van der Waals surface area contributed by atoms with Gasteiger partial charge in [-0.3, -0.25) is 9.69 Å². The second kappa shape index (κ2) is 11.8. The van der Waals surface area contributed by atoms with E-state index in [1.165, 1.54) is 5.56 Å². The molecular weight excluding hydrogens is 386 g/mol. The predicted octanol–water partition coefficient (Wildman–Crippen LogP) is 3.19. The second-order valence-electron chi connectivity index (χ2n) is 7.48. The van der Waals surface area contributed by atoms with Crippen LogP contribution in [0.1, 0.15) is 30.4 Å². The molecule has 1 saturated heterocycles. The molecule has 0 saturated carbocycles. The van der Waals surface area contributed by atoms with Crippen LogP contribution >= 0.6 is 12.4 Å². The number of amides is 1. The number of nitrogens with zero attached hydrogens (tertiary/aromatic N) is 1. The first kappa shape index (κ1) is 23.2. The number of nitrogens with one attached hydrogen (secondary N) is 1. The molecule has 2 atom stereocenters. The van der Waals surface area contributed by atoms with Crippen LogP contribution in [0.5, 0.6) is 5.75 Å². The fraction of sp³-hybridized carbons (Fsp3) is 0.435. The molecule has 1 aliphatic heterocycles. The standard InChI is InChI=1S/C23H31N3O2.ClH/c1-2-11-28-21-10-6-7-18(12-21)14-25-23(27)17-26-15-20(13-24)22(16-26)19-8-4-3-5-9-19;/h3-10,12,20,22H,2,11,13-17,24H2,1H3,(H,25,27);1H/t20-,22+;/m1./s1. The third-order valence-corrected chi connectivity index (χ3v) is 5.28. The third kappa shape index (κ3) is 6.74. The zero-order chi connectivity index (χ0) is 19.8. The second-order valence-corrected chi connectivity index (χ2v) is 7.48. The van der Waals surface area contributed by atoms with Gasteiger partial charge in [-0.05, 0) is 42.1 Å². The average Bonchev–Trinajstić information content (AvgIpc) is 3.14. The van der Waals surface area contributed by atoms with E-state index < -0.39 is 0 Å². The summed E-state index contributed by atoms with van der Waals surface area (Å²) in [5, 5.41) is 3.03. The summed E-state index contributed by atoms with van der Waals surface area (Å²) in [6.45, 7) is 6.09. The zero-order valence-corrected chi connectivity index (χ0v) is 17.9. The number of nitrogens with two attached hydrogens (primary N) is 1. The molecule has 0 radical (unpaired) electrons. The lowest BCUT2D eigenvalue weighted by Gasteiger charge is -2.16. The van der Waals surface area contributed by atoms with E-state index >= 15 is 0 Å². The average molecular weight is 418 g/mol. The summed E-state index contributed by atoms with van der Waals surface area (Å²) in [5.41, 5.74) is 8.36. The van der Waals surface area contributed by atoms with Gasteiger partial charge >= 0.3 is 0 Å². The van der Waals surface area contributed by atoms with Crippen LogP contribution in [0.2, 0.25) is 0 Å². The molecule has 0 aliphatic carbocycles. The Morgan fingerprint density at radius 3 is 2.69 bits per heavy atom. The quantitative estimate of drug-likeness (QED) is 0.657. The minimum Gasteiger partial charge on any atom is -0.494 e. The Hall–Kier alpha value is -2.08. The third-order valence-electron chi connectivity index (χ3n) is 5.28. The van der Waals surface area contributed by atoms with Gasteiger partial charge < -0.3 is 15.8 Å². The fourth-order valence-corrected chi connectivity index (χ4v) is 3.83. The highest BCUT2D eigenvalue weighted by Crippen LogP contribution is 2.31. The molecule has 2 aromatic rings. The first-order valence-electron chi connectivity index (χ1n) is 10.2. The Morgan fingerprint density at radius 1 is 1.17 bits per heavy atom. The molecule has 0 unspecified atom stereocenters. The molecule has 2 aromatic carbocycles. The van der Waals surface area contributed by atoms with Gasteiger partial charge in [0.05, 0.1) is 13.2 Å². The minimum absolute atomic E-state index is 0. The van der Waals surface area contributed by atoms with Gasteiger partial charge in [0.25, 0.3) is 0 Å². The van der Waals surface area contributed by atoms with Crippen molar-refractivity contribution in [3.63, 3.8) is 0 Å². The maximum absolute atomic E-state index is 12.5. The lowest BCUT2D eigenvalue weighted by Crippen LogP contribution is -2.36. The van der Waals surface area contributed by atoms with Crippen LogP contribution in [-0.2, 0) is 11.3 Å². The molecule has 1 heterocycles. The molecule has 1 aliphatic rings. The monoisotopic (exact) mass is 417 g/mol. The van der Waals surface area contributed by atoms with Crippen molar-refractivity contribution in [2.24, 2.45) is 11.7 Å². The minimum atomic E-state index is 0. The van der Waals surface area contributed by atoms with Crippen LogP contribution in [0.4, 0.5) is 0 Å². The molecule has 29 heavy (non-hydrogen) atoms. The molecule has 3 N–H and O–H groups in total. The molecule has 6 heteroatoms. The van der Waals surface area contributed by atoms with Gasteiger partial charge in [0.1, 0.15) is 5.75 Å². The highest BCUT2D eigenvalue weighted by atomic mass is 35.5. The lowest BCUT2D eigenvalue weighted by atomic mass is 9.89. The number of rotatable bonds is 9. The molecular formula is C23H32ClN3O2. The first-order chi connectivity index (χ1) is 13.7. The van der Waals surface area contributed by atoms with Crippen molar-refractivity contribution in [2.45, 2.75) is 25.8 Å². The number of carbonyl (C=O) groups excluding carboxylic acids is 1. The zero-order valence-electron chi connectivity index (χ0n) is 17.0. The summed E-state index contributed by atoms with van der Waals surface area (Å²) in [6, 6.07) is 18.4. The van der Waals surface area contributed by atoms with E-state index in [4.69, 9.17) is 10.5 Å². The van der Waals surface area contributed by atoms with E-state index in [-0.39, 0.29) is 18.3 Å². The van der Waals surface area contributed by atoms with Crippen molar-refractivity contribution in [3.8, 4) is 5.75 Å². The van der Waals surface area contributed by atoms with Crippen molar-refractivity contribution in [3.05, 3.63) is 65.7 Å². The van der Waals surface area contributed by atoms with E-state index in [0.717, 1.165) is 30.8 Å². The summed E-state index contributed by atoms with van der Waals surface area (Å²) in [4.78, 5) is 14.7. The number of likely N-dealkylation sites (tertiary alicyclic amines) is 1. The van der Waals surface area contributed by atoms with Crippen LogP contribution in [0.25, 0.3) is 0 Å². The lowest BCUT2D eigenvalue weighted by molar-refractivity contribution is -0.122. The van der Waals surface area contributed by atoms with Crippen molar-refractivity contribution in [1.29, 1.82) is 0 Å². The smallest absolute Gasteiger partial charge is 0.234 e. The first-order valence-corrected chi connectivity index (χ1v) is 10.2. The van der Waals surface area contributed by atoms with Crippen molar-refractivity contribution in [1.82, 2.24) is 10.2 Å². The van der Waals surface area contributed by atoms with Crippen LogP contribution in [0.15, 0.2) is 54.6 Å². The molecule has 0 spiro atoms. The Morgan fingerprint density at radius 2 is 1.97 bits per heavy atom. The SMILES string of the molecule is CCCOc1cccc(CNC(=O)CN2C[C@@H](CN)[C@H](c3ccccc3)C2)c1.Cl. The molecule has 0 aromatic heterocycles. The number of carbonyl (C=O) groups is 1. The van der Waals surface area contributed by atoms with Crippen LogP contribution in [0, 0.1) is 5.92 Å². The summed E-state index contributed by atoms with van der Waals surface area (Å²) >= 11 is 0. The maximum Gasteiger partial charge on any atom is 0.234 e. The summed E-state index contributed by atoms with van der Waals surface area (Å²) in [7, 11) is 0. The number of ether oxygens (including phenoxy) is 1. The Bertz CT molecular complexity index is 757. The van der Waals surface area contributed by atoms with E-state index in [0.29, 0.717) is 38.1 Å². The fourth-order valence-electron chi connectivity index (χ4n) is 3.83. The maximum atomic E-state index is 12.5.